The molecular weight excluding hydrogens is 411 g/mol. The van der Waals surface area contributed by atoms with Gasteiger partial charge < -0.3 is 10.3 Å². The highest BCUT2D eigenvalue weighted by molar-refractivity contribution is 7.99. The number of hydrogen-bond donors (Lipinski definition) is 1. The summed E-state index contributed by atoms with van der Waals surface area (Å²) < 4.78 is 18.7. The molecule has 2 heterocycles. The molecule has 0 aliphatic heterocycles. The van der Waals surface area contributed by atoms with E-state index in [4.69, 9.17) is 17.3 Å². The Morgan fingerprint density at radius 1 is 1.31 bits per heavy atom. The van der Waals surface area contributed by atoms with Crippen molar-refractivity contribution in [2.45, 2.75) is 30.2 Å². The van der Waals surface area contributed by atoms with Gasteiger partial charge in [0.05, 0.1) is 22.4 Å². The van der Waals surface area contributed by atoms with Crippen molar-refractivity contribution in [1.82, 2.24) is 14.3 Å². The van der Waals surface area contributed by atoms with Crippen molar-refractivity contribution in [2.24, 2.45) is 5.73 Å². The lowest BCUT2D eigenvalue weighted by atomic mass is 10.2. The smallest absolute Gasteiger partial charge is 0.248 e. The third-order valence-corrected chi connectivity index (χ3v) is 6.24. The number of benzene rings is 2. The first-order valence-corrected chi connectivity index (χ1v) is 10.2. The third kappa shape index (κ3) is 3.41. The van der Waals surface area contributed by atoms with Gasteiger partial charge >= 0.3 is 0 Å². The van der Waals surface area contributed by atoms with E-state index in [9.17, 15) is 4.79 Å². The van der Waals surface area contributed by atoms with Crippen molar-refractivity contribution in [1.29, 1.82) is 0 Å². The van der Waals surface area contributed by atoms with E-state index in [1.54, 1.807) is 35.1 Å². The van der Waals surface area contributed by atoms with Gasteiger partial charge in [0.25, 0.3) is 0 Å². The minimum Gasteiger partial charge on any atom is -0.366 e. The number of primary amides is 1. The molecular formula is C21H18ClFN4OS. The van der Waals surface area contributed by atoms with E-state index in [0.29, 0.717) is 17.6 Å². The van der Waals surface area contributed by atoms with Crippen molar-refractivity contribution in [3.8, 4) is 5.69 Å². The number of carbonyl (C=O) groups is 1. The fourth-order valence-electron chi connectivity index (χ4n) is 3.33. The lowest BCUT2D eigenvalue weighted by Gasteiger charge is -2.07. The van der Waals surface area contributed by atoms with Crippen LogP contribution in [0.2, 0.25) is 5.02 Å². The van der Waals surface area contributed by atoms with Gasteiger partial charge in [-0.2, -0.15) is 5.10 Å². The molecule has 0 saturated heterocycles. The van der Waals surface area contributed by atoms with Gasteiger partial charge in [-0.3, -0.25) is 9.48 Å². The number of rotatable bonds is 5. The lowest BCUT2D eigenvalue weighted by Crippen LogP contribution is -2.10. The second-order valence-electron chi connectivity index (χ2n) is 6.56. The fourth-order valence-corrected chi connectivity index (χ4v) is 4.56. The summed E-state index contributed by atoms with van der Waals surface area (Å²) in [7, 11) is 0. The van der Waals surface area contributed by atoms with Gasteiger partial charge in [0.1, 0.15) is 0 Å². The van der Waals surface area contributed by atoms with Gasteiger partial charge in [0.2, 0.25) is 5.91 Å². The molecule has 0 bridgehead atoms. The highest BCUT2D eigenvalue weighted by atomic mass is 35.5. The maximum atomic E-state index is 15.1. The van der Waals surface area contributed by atoms with Crippen LogP contribution in [0.4, 0.5) is 4.39 Å². The number of halogens is 2. The Labute approximate surface area is 176 Å². The zero-order valence-corrected chi connectivity index (χ0v) is 17.4. The summed E-state index contributed by atoms with van der Waals surface area (Å²) in [5, 5.41) is 5.12. The SMILES string of the molecule is CCn1cc(-n2c(C)c(Sc3cccc(C(N)=O)c3)c3ccc(Cl)c(F)c32)cn1. The van der Waals surface area contributed by atoms with Crippen LogP contribution in [0, 0.1) is 12.7 Å². The topological polar surface area (TPSA) is 65.8 Å². The van der Waals surface area contributed by atoms with Crippen LogP contribution in [-0.2, 0) is 6.54 Å². The fraction of sp³-hybridized carbons (Fsp3) is 0.143. The van der Waals surface area contributed by atoms with Crippen LogP contribution in [0.25, 0.3) is 16.6 Å². The molecule has 0 aliphatic carbocycles. The van der Waals surface area contributed by atoms with Crippen LogP contribution < -0.4 is 5.73 Å². The molecule has 0 aliphatic rings. The quantitative estimate of drug-likeness (QED) is 0.475. The first-order valence-electron chi connectivity index (χ1n) is 9.00. The summed E-state index contributed by atoms with van der Waals surface area (Å²) in [4.78, 5) is 13.2. The molecule has 5 nitrogen and oxygen atoms in total. The number of aromatic nitrogens is 3. The Bertz CT molecular complexity index is 1250. The molecule has 0 spiro atoms. The predicted molar refractivity (Wildman–Crippen MR) is 114 cm³/mol. The first kappa shape index (κ1) is 19.5. The Kier molecular flexibility index (Phi) is 5.10. The average molecular weight is 429 g/mol. The molecule has 2 aromatic carbocycles. The Morgan fingerprint density at radius 2 is 2.10 bits per heavy atom. The largest absolute Gasteiger partial charge is 0.366 e. The molecule has 0 atom stereocenters. The van der Waals surface area contributed by atoms with E-state index < -0.39 is 11.7 Å². The molecule has 0 unspecified atom stereocenters. The zero-order chi connectivity index (χ0) is 20.7. The molecule has 1 amide bonds. The molecule has 2 N–H and O–H groups in total. The van der Waals surface area contributed by atoms with Crippen LogP contribution in [0.5, 0.6) is 0 Å². The summed E-state index contributed by atoms with van der Waals surface area (Å²) in [6.45, 7) is 4.63. The minimum absolute atomic E-state index is 0.0615. The summed E-state index contributed by atoms with van der Waals surface area (Å²) in [6, 6.07) is 10.4. The molecule has 0 radical (unpaired) electrons. The van der Waals surface area contributed by atoms with Crippen LogP contribution in [0.3, 0.4) is 0 Å². The maximum Gasteiger partial charge on any atom is 0.248 e. The van der Waals surface area contributed by atoms with Gasteiger partial charge in [0.15, 0.2) is 5.82 Å². The summed E-state index contributed by atoms with van der Waals surface area (Å²) >= 11 is 7.54. The van der Waals surface area contributed by atoms with Crippen LogP contribution in [-0.4, -0.2) is 20.3 Å². The second-order valence-corrected chi connectivity index (χ2v) is 8.05. The zero-order valence-electron chi connectivity index (χ0n) is 15.8. The number of nitrogens with zero attached hydrogens (tertiary/aromatic N) is 3. The number of hydrogen-bond acceptors (Lipinski definition) is 3. The van der Waals surface area contributed by atoms with E-state index in [1.165, 1.54) is 11.8 Å². The Morgan fingerprint density at radius 3 is 2.79 bits per heavy atom. The molecule has 29 heavy (non-hydrogen) atoms. The predicted octanol–water partition coefficient (Wildman–Crippen LogP) is 5.20. The van der Waals surface area contributed by atoms with Crippen molar-refractivity contribution < 1.29 is 9.18 Å². The standard InChI is InChI=1S/C21H18ClFN4OS/c1-3-26-11-14(10-25-26)27-12(2)20(16-7-8-17(22)18(23)19(16)27)29-15-6-4-5-13(9-15)21(24)28/h4-11H,3H2,1-2H3,(H2,24,28). The Hall–Kier alpha value is -2.77. The highest BCUT2D eigenvalue weighted by Gasteiger charge is 2.22. The van der Waals surface area contributed by atoms with E-state index >= 15 is 4.39 Å². The molecule has 2 aromatic heterocycles. The van der Waals surface area contributed by atoms with Crippen molar-refractivity contribution in [2.75, 3.05) is 0 Å². The van der Waals surface area contributed by atoms with Gasteiger partial charge in [-0.15, -0.1) is 0 Å². The summed E-state index contributed by atoms with van der Waals surface area (Å²) in [5.74, 6) is -0.967. The number of amides is 1. The van der Waals surface area contributed by atoms with E-state index in [-0.39, 0.29) is 5.02 Å². The van der Waals surface area contributed by atoms with Crippen molar-refractivity contribution in [3.63, 3.8) is 0 Å². The van der Waals surface area contributed by atoms with Gasteiger partial charge in [0, 0.05) is 39.2 Å². The summed E-state index contributed by atoms with van der Waals surface area (Å²) in [5.41, 5.74) is 7.84. The van der Waals surface area contributed by atoms with Gasteiger partial charge in [-0.05, 0) is 44.2 Å². The van der Waals surface area contributed by atoms with Gasteiger partial charge in [-0.25, -0.2) is 4.39 Å². The maximum absolute atomic E-state index is 15.1. The molecule has 0 fully saturated rings. The van der Waals surface area contributed by atoms with Crippen LogP contribution in [0.1, 0.15) is 23.0 Å². The van der Waals surface area contributed by atoms with Gasteiger partial charge in [-0.1, -0.05) is 29.4 Å². The van der Waals surface area contributed by atoms with Crippen LogP contribution >= 0.6 is 23.4 Å². The normalized spacial score (nSPS) is 11.3. The van der Waals surface area contributed by atoms with Crippen molar-refractivity contribution >= 4 is 40.2 Å². The number of aryl methyl sites for hydroxylation is 1. The third-order valence-electron chi connectivity index (χ3n) is 4.74. The average Bonchev–Trinajstić information content (AvgIpc) is 3.28. The Balaban J connectivity index is 1.93. The first-order chi connectivity index (χ1) is 13.9. The van der Waals surface area contributed by atoms with E-state index in [1.807, 2.05) is 36.7 Å². The minimum atomic E-state index is -0.489. The highest BCUT2D eigenvalue weighted by Crippen LogP contribution is 2.41. The number of fused-ring (bicyclic) bond motifs is 1. The monoisotopic (exact) mass is 428 g/mol. The molecule has 8 heteroatoms. The lowest BCUT2D eigenvalue weighted by molar-refractivity contribution is 0.1000. The number of carbonyl (C=O) groups excluding carboxylic acids is 1. The second kappa shape index (κ2) is 7.57. The molecule has 0 saturated carbocycles. The van der Waals surface area contributed by atoms with E-state index in [0.717, 1.165) is 26.6 Å². The molecule has 148 valence electrons. The van der Waals surface area contributed by atoms with Crippen LogP contribution in [0.15, 0.2) is 58.6 Å². The van der Waals surface area contributed by atoms with Crippen molar-refractivity contribution in [3.05, 3.63) is 70.9 Å². The van der Waals surface area contributed by atoms with E-state index in [2.05, 4.69) is 5.10 Å². The molecule has 4 aromatic rings. The summed E-state index contributed by atoms with van der Waals surface area (Å²) in [6.07, 6.45) is 3.58. The number of nitrogens with two attached hydrogens (primary N) is 1. The molecule has 4 rings (SSSR count).